The predicted octanol–water partition coefficient (Wildman–Crippen LogP) is 4.43. The monoisotopic (exact) mass is 325 g/mol. The van der Waals surface area contributed by atoms with Crippen LogP contribution in [0.4, 0.5) is 0 Å². The van der Waals surface area contributed by atoms with Gasteiger partial charge in [0.15, 0.2) is 5.76 Å². The standard InChI is InChI=1S/C19H19NO4/c1-4-23-13-9-10-14(16(21)11-13)19-18(12(2)20-24-19)15-7-5-6-8-17(15)22-3/h5-11,21H,4H2,1-3H3. The minimum Gasteiger partial charge on any atom is -0.507 e. The Morgan fingerprint density at radius 2 is 1.92 bits per heavy atom. The van der Waals surface area contributed by atoms with Crippen molar-refractivity contribution in [2.75, 3.05) is 13.7 Å². The fourth-order valence-corrected chi connectivity index (χ4v) is 2.68. The number of aromatic nitrogens is 1. The molecule has 1 aromatic heterocycles. The largest absolute Gasteiger partial charge is 0.507 e. The molecule has 0 saturated carbocycles. The van der Waals surface area contributed by atoms with Crippen molar-refractivity contribution in [1.82, 2.24) is 5.16 Å². The highest BCUT2D eigenvalue weighted by Crippen LogP contribution is 2.42. The number of benzene rings is 2. The average Bonchev–Trinajstić information content (AvgIpc) is 2.96. The fraction of sp³-hybridized carbons (Fsp3) is 0.211. The van der Waals surface area contributed by atoms with Gasteiger partial charge in [-0.05, 0) is 32.0 Å². The maximum Gasteiger partial charge on any atom is 0.178 e. The molecule has 0 aliphatic heterocycles. The molecule has 0 unspecified atom stereocenters. The van der Waals surface area contributed by atoms with Gasteiger partial charge < -0.3 is 19.1 Å². The van der Waals surface area contributed by atoms with E-state index in [0.717, 1.165) is 22.6 Å². The number of nitrogens with zero attached hydrogens (tertiary/aromatic N) is 1. The lowest BCUT2D eigenvalue weighted by Crippen LogP contribution is -1.92. The van der Waals surface area contributed by atoms with Crippen molar-refractivity contribution < 1.29 is 19.1 Å². The molecule has 0 aliphatic rings. The summed E-state index contributed by atoms with van der Waals surface area (Å²) in [6.45, 7) is 4.29. The van der Waals surface area contributed by atoms with E-state index >= 15 is 0 Å². The third kappa shape index (κ3) is 2.80. The molecule has 3 aromatic rings. The number of rotatable bonds is 5. The van der Waals surface area contributed by atoms with Gasteiger partial charge in [0.1, 0.15) is 17.2 Å². The number of phenolic OH excluding ortho intramolecular Hbond substituents is 1. The highest BCUT2D eigenvalue weighted by Gasteiger charge is 2.22. The zero-order chi connectivity index (χ0) is 17.1. The molecule has 2 aromatic carbocycles. The van der Waals surface area contributed by atoms with Gasteiger partial charge in [-0.3, -0.25) is 0 Å². The van der Waals surface area contributed by atoms with Crippen molar-refractivity contribution in [3.8, 4) is 39.7 Å². The van der Waals surface area contributed by atoms with Crippen LogP contribution in [0, 0.1) is 6.92 Å². The summed E-state index contributed by atoms with van der Waals surface area (Å²) in [4.78, 5) is 0. The first-order valence-corrected chi connectivity index (χ1v) is 7.71. The Morgan fingerprint density at radius 1 is 1.12 bits per heavy atom. The van der Waals surface area contributed by atoms with Crippen molar-refractivity contribution in [3.63, 3.8) is 0 Å². The molecule has 0 amide bonds. The van der Waals surface area contributed by atoms with Crippen molar-refractivity contribution in [2.45, 2.75) is 13.8 Å². The van der Waals surface area contributed by atoms with E-state index in [-0.39, 0.29) is 5.75 Å². The molecule has 0 aliphatic carbocycles. The zero-order valence-electron chi connectivity index (χ0n) is 13.9. The van der Waals surface area contributed by atoms with Gasteiger partial charge >= 0.3 is 0 Å². The summed E-state index contributed by atoms with van der Waals surface area (Å²) in [6, 6.07) is 12.8. The van der Waals surface area contributed by atoms with E-state index in [0.29, 0.717) is 23.7 Å². The van der Waals surface area contributed by atoms with E-state index in [1.807, 2.05) is 38.1 Å². The molecule has 0 spiro atoms. The second kappa shape index (κ2) is 6.66. The van der Waals surface area contributed by atoms with Crippen LogP contribution in [-0.2, 0) is 0 Å². The lowest BCUT2D eigenvalue weighted by Gasteiger charge is -2.10. The van der Waals surface area contributed by atoms with Gasteiger partial charge in [-0.1, -0.05) is 23.4 Å². The van der Waals surface area contributed by atoms with Gasteiger partial charge in [-0.25, -0.2) is 0 Å². The first kappa shape index (κ1) is 15.9. The number of para-hydroxylation sites is 1. The smallest absolute Gasteiger partial charge is 0.178 e. The molecule has 5 nitrogen and oxygen atoms in total. The van der Waals surface area contributed by atoms with Crippen LogP contribution in [0.5, 0.6) is 17.2 Å². The third-order valence-corrected chi connectivity index (χ3v) is 3.76. The first-order valence-electron chi connectivity index (χ1n) is 7.71. The van der Waals surface area contributed by atoms with E-state index in [4.69, 9.17) is 14.0 Å². The van der Waals surface area contributed by atoms with E-state index in [9.17, 15) is 5.11 Å². The molecule has 24 heavy (non-hydrogen) atoms. The van der Waals surface area contributed by atoms with Crippen LogP contribution in [0.15, 0.2) is 47.0 Å². The summed E-state index contributed by atoms with van der Waals surface area (Å²) in [5, 5.41) is 14.5. The number of phenols is 1. The molecule has 0 fully saturated rings. The van der Waals surface area contributed by atoms with Crippen molar-refractivity contribution >= 4 is 0 Å². The molecule has 0 bridgehead atoms. The molecule has 3 rings (SSSR count). The van der Waals surface area contributed by atoms with Gasteiger partial charge in [0.2, 0.25) is 0 Å². The number of methoxy groups -OCH3 is 1. The molecular formula is C19H19NO4. The summed E-state index contributed by atoms with van der Waals surface area (Å²) in [7, 11) is 1.62. The van der Waals surface area contributed by atoms with Crippen LogP contribution in [0.25, 0.3) is 22.5 Å². The van der Waals surface area contributed by atoms with Crippen molar-refractivity contribution in [2.24, 2.45) is 0 Å². The van der Waals surface area contributed by atoms with Crippen LogP contribution in [0.2, 0.25) is 0 Å². The minimum atomic E-state index is 0.0771. The molecule has 0 saturated heterocycles. The Kier molecular flexibility index (Phi) is 4.42. The fourth-order valence-electron chi connectivity index (χ4n) is 2.68. The average molecular weight is 325 g/mol. The first-order chi connectivity index (χ1) is 11.7. The molecule has 0 radical (unpaired) electrons. The Morgan fingerprint density at radius 3 is 2.62 bits per heavy atom. The Bertz CT molecular complexity index is 854. The third-order valence-electron chi connectivity index (χ3n) is 3.76. The summed E-state index contributed by atoms with van der Waals surface area (Å²) in [6.07, 6.45) is 0. The second-order valence-electron chi connectivity index (χ2n) is 5.28. The number of hydrogen-bond acceptors (Lipinski definition) is 5. The van der Waals surface area contributed by atoms with E-state index in [1.165, 1.54) is 0 Å². The minimum absolute atomic E-state index is 0.0771. The molecule has 124 valence electrons. The van der Waals surface area contributed by atoms with E-state index < -0.39 is 0 Å². The summed E-state index contributed by atoms with van der Waals surface area (Å²) in [5.74, 6) is 1.90. The topological polar surface area (TPSA) is 64.7 Å². The number of hydrogen-bond donors (Lipinski definition) is 1. The molecule has 1 N–H and O–H groups in total. The molecule has 5 heteroatoms. The Labute approximate surface area is 140 Å². The lowest BCUT2D eigenvalue weighted by atomic mass is 9.98. The SMILES string of the molecule is CCOc1ccc(-c2onc(C)c2-c2ccccc2OC)c(O)c1. The van der Waals surface area contributed by atoms with Gasteiger partial charge in [0, 0.05) is 11.6 Å². The molecule has 0 atom stereocenters. The highest BCUT2D eigenvalue weighted by molar-refractivity contribution is 5.86. The highest BCUT2D eigenvalue weighted by atomic mass is 16.5. The van der Waals surface area contributed by atoms with E-state index in [2.05, 4.69) is 5.16 Å². The number of aryl methyl sites for hydroxylation is 1. The van der Waals surface area contributed by atoms with Crippen LogP contribution in [0.1, 0.15) is 12.6 Å². The second-order valence-corrected chi connectivity index (χ2v) is 5.28. The lowest BCUT2D eigenvalue weighted by molar-refractivity contribution is 0.337. The summed E-state index contributed by atoms with van der Waals surface area (Å²) in [5.41, 5.74) is 2.94. The van der Waals surface area contributed by atoms with Crippen LogP contribution < -0.4 is 9.47 Å². The molecular weight excluding hydrogens is 306 g/mol. The van der Waals surface area contributed by atoms with Crippen molar-refractivity contribution in [3.05, 3.63) is 48.2 Å². The van der Waals surface area contributed by atoms with Gasteiger partial charge in [0.05, 0.1) is 30.5 Å². The molecule has 1 heterocycles. The van der Waals surface area contributed by atoms with Crippen LogP contribution in [0.3, 0.4) is 0 Å². The predicted molar refractivity (Wildman–Crippen MR) is 91.5 cm³/mol. The maximum atomic E-state index is 10.4. The quantitative estimate of drug-likeness (QED) is 0.752. The summed E-state index contributed by atoms with van der Waals surface area (Å²) >= 11 is 0. The number of aromatic hydroxyl groups is 1. The Balaban J connectivity index is 2.15. The van der Waals surface area contributed by atoms with Gasteiger partial charge in [-0.2, -0.15) is 0 Å². The normalized spacial score (nSPS) is 10.6. The zero-order valence-corrected chi connectivity index (χ0v) is 13.9. The van der Waals surface area contributed by atoms with Gasteiger partial charge in [-0.15, -0.1) is 0 Å². The number of ether oxygens (including phenoxy) is 2. The summed E-state index contributed by atoms with van der Waals surface area (Å²) < 4.78 is 16.4. The maximum absolute atomic E-state index is 10.4. The van der Waals surface area contributed by atoms with Crippen molar-refractivity contribution in [1.29, 1.82) is 0 Å². The van der Waals surface area contributed by atoms with E-state index in [1.54, 1.807) is 25.3 Å². The Hall–Kier alpha value is -2.95. The van der Waals surface area contributed by atoms with Crippen LogP contribution >= 0.6 is 0 Å². The van der Waals surface area contributed by atoms with Gasteiger partial charge in [0.25, 0.3) is 0 Å². The van der Waals surface area contributed by atoms with Crippen LogP contribution in [-0.4, -0.2) is 24.0 Å².